The van der Waals surface area contributed by atoms with Gasteiger partial charge in [0.1, 0.15) is 11.6 Å². The number of ether oxygens (including phenoxy) is 2. The average Bonchev–Trinajstić information content (AvgIpc) is 2.73. The molecule has 2 aromatic carbocycles. The van der Waals surface area contributed by atoms with Crippen molar-refractivity contribution in [1.82, 2.24) is 10.2 Å². The summed E-state index contributed by atoms with van der Waals surface area (Å²) >= 11 is 0. The summed E-state index contributed by atoms with van der Waals surface area (Å²) in [4.78, 5) is 14.6. The van der Waals surface area contributed by atoms with Gasteiger partial charge in [0.05, 0.1) is 32.3 Å². The van der Waals surface area contributed by atoms with E-state index in [1.807, 2.05) is 32.0 Å². The van der Waals surface area contributed by atoms with Gasteiger partial charge in [-0.3, -0.25) is 9.69 Å². The van der Waals surface area contributed by atoms with Crippen molar-refractivity contribution < 1.29 is 18.7 Å². The highest BCUT2D eigenvalue weighted by Crippen LogP contribution is 2.22. The maximum absolute atomic E-state index is 13.3. The molecule has 156 valence electrons. The number of nitrogens with one attached hydrogen (secondary N) is 1. The van der Waals surface area contributed by atoms with Crippen molar-refractivity contribution in [3.63, 3.8) is 0 Å². The molecule has 3 rings (SSSR count). The van der Waals surface area contributed by atoms with Crippen molar-refractivity contribution in [2.24, 2.45) is 0 Å². The van der Waals surface area contributed by atoms with Crippen LogP contribution in [-0.4, -0.2) is 50.3 Å². The summed E-state index contributed by atoms with van der Waals surface area (Å²) in [5, 5.41) is 3.01. The van der Waals surface area contributed by atoms with Gasteiger partial charge in [0.25, 0.3) is 0 Å². The van der Waals surface area contributed by atoms with Crippen molar-refractivity contribution in [3.05, 3.63) is 65.0 Å². The maximum atomic E-state index is 13.3. The van der Waals surface area contributed by atoms with Crippen LogP contribution in [0.1, 0.15) is 29.2 Å². The first kappa shape index (κ1) is 21.3. The number of hydrogen-bond acceptors (Lipinski definition) is 4. The molecule has 0 spiro atoms. The van der Waals surface area contributed by atoms with Gasteiger partial charge in [-0.2, -0.15) is 0 Å². The summed E-state index contributed by atoms with van der Waals surface area (Å²) in [6.07, 6.45) is 0.284. The fourth-order valence-electron chi connectivity index (χ4n) is 3.45. The molecule has 1 N–H and O–H groups in total. The van der Waals surface area contributed by atoms with E-state index in [4.69, 9.17) is 9.47 Å². The number of carbonyl (C=O) groups excluding carboxylic acids is 1. The van der Waals surface area contributed by atoms with E-state index >= 15 is 0 Å². The monoisotopic (exact) mass is 400 g/mol. The molecule has 1 atom stereocenters. The molecule has 29 heavy (non-hydrogen) atoms. The minimum atomic E-state index is -0.262. The highest BCUT2D eigenvalue weighted by molar-refractivity contribution is 5.76. The Morgan fingerprint density at radius 3 is 2.62 bits per heavy atom. The molecule has 1 saturated heterocycles. The largest absolute Gasteiger partial charge is 0.493 e. The predicted octanol–water partition coefficient (Wildman–Crippen LogP) is 3.40. The SMILES string of the molecule is Cc1ccc(C)c(OCCC(=O)NCC(c2ccc(F)cc2)N2CCOCC2)c1. The van der Waals surface area contributed by atoms with Crippen LogP contribution in [0.15, 0.2) is 42.5 Å². The number of benzene rings is 2. The first-order chi connectivity index (χ1) is 14.0. The smallest absolute Gasteiger partial charge is 0.223 e. The van der Waals surface area contributed by atoms with Crippen molar-refractivity contribution in [3.8, 4) is 5.75 Å². The third kappa shape index (κ3) is 6.27. The summed E-state index contributed by atoms with van der Waals surface area (Å²) < 4.78 is 24.5. The number of morpholine rings is 1. The van der Waals surface area contributed by atoms with Crippen LogP contribution in [0.5, 0.6) is 5.75 Å². The number of halogens is 1. The van der Waals surface area contributed by atoms with E-state index < -0.39 is 0 Å². The molecule has 1 aliphatic rings. The van der Waals surface area contributed by atoms with Gasteiger partial charge in [0.2, 0.25) is 5.91 Å². The first-order valence-electron chi connectivity index (χ1n) is 10.1. The molecule has 1 fully saturated rings. The zero-order valence-electron chi connectivity index (χ0n) is 17.1. The Bertz CT molecular complexity index is 804. The van der Waals surface area contributed by atoms with Crippen LogP contribution in [-0.2, 0) is 9.53 Å². The third-order valence-electron chi connectivity index (χ3n) is 5.16. The second kappa shape index (κ2) is 10.4. The second-order valence-corrected chi connectivity index (χ2v) is 7.39. The van der Waals surface area contributed by atoms with Gasteiger partial charge in [0, 0.05) is 19.6 Å². The molecule has 2 aromatic rings. The summed E-state index contributed by atoms with van der Waals surface area (Å²) in [7, 11) is 0. The Morgan fingerprint density at radius 2 is 1.90 bits per heavy atom. The quantitative estimate of drug-likeness (QED) is 0.738. The van der Waals surface area contributed by atoms with Gasteiger partial charge < -0.3 is 14.8 Å². The first-order valence-corrected chi connectivity index (χ1v) is 10.1. The zero-order chi connectivity index (χ0) is 20.6. The Labute approximate surface area is 171 Å². The molecule has 0 radical (unpaired) electrons. The van der Waals surface area contributed by atoms with E-state index in [0.717, 1.165) is 35.5 Å². The van der Waals surface area contributed by atoms with Gasteiger partial charge in [-0.25, -0.2) is 4.39 Å². The number of amides is 1. The molecule has 0 saturated carbocycles. The van der Waals surface area contributed by atoms with Crippen LogP contribution in [0.3, 0.4) is 0 Å². The number of rotatable bonds is 8. The Kier molecular flexibility index (Phi) is 7.61. The second-order valence-electron chi connectivity index (χ2n) is 7.39. The van der Waals surface area contributed by atoms with Crippen molar-refractivity contribution in [1.29, 1.82) is 0 Å². The highest BCUT2D eigenvalue weighted by Gasteiger charge is 2.23. The van der Waals surface area contributed by atoms with Crippen LogP contribution in [0.4, 0.5) is 4.39 Å². The van der Waals surface area contributed by atoms with Gasteiger partial charge >= 0.3 is 0 Å². The van der Waals surface area contributed by atoms with Gasteiger partial charge in [-0.05, 0) is 48.7 Å². The van der Waals surface area contributed by atoms with E-state index in [2.05, 4.69) is 10.2 Å². The number of hydrogen-bond donors (Lipinski definition) is 1. The summed E-state index contributed by atoms with van der Waals surface area (Å²) in [5.74, 6) is 0.494. The van der Waals surface area contributed by atoms with Crippen LogP contribution < -0.4 is 10.1 Å². The number of aryl methyl sites for hydroxylation is 2. The molecule has 1 aliphatic heterocycles. The van der Waals surface area contributed by atoms with E-state index in [1.165, 1.54) is 12.1 Å². The van der Waals surface area contributed by atoms with E-state index in [9.17, 15) is 9.18 Å². The number of carbonyl (C=O) groups is 1. The van der Waals surface area contributed by atoms with E-state index in [0.29, 0.717) is 26.4 Å². The molecule has 0 aliphatic carbocycles. The van der Waals surface area contributed by atoms with Gasteiger partial charge in [-0.1, -0.05) is 24.3 Å². The fourth-order valence-corrected chi connectivity index (χ4v) is 3.45. The van der Waals surface area contributed by atoms with Crippen LogP contribution >= 0.6 is 0 Å². The lowest BCUT2D eigenvalue weighted by Crippen LogP contribution is -2.44. The van der Waals surface area contributed by atoms with Crippen LogP contribution in [0.25, 0.3) is 0 Å². The normalized spacial score (nSPS) is 15.7. The minimum Gasteiger partial charge on any atom is -0.493 e. The molecule has 0 aromatic heterocycles. The summed E-state index contributed by atoms with van der Waals surface area (Å²) in [6.45, 7) is 7.69. The van der Waals surface area contributed by atoms with E-state index in [-0.39, 0.29) is 24.2 Å². The highest BCUT2D eigenvalue weighted by atomic mass is 19.1. The minimum absolute atomic E-state index is 0.0108. The Hall–Kier alpha value is -2.44. The van der Waals surface area contributed by atoms with Crippen LogP contribution in [0, 0.1) is 19.7 Å². The van der Waals surface area contributed by atoms with Crippen molar-refractivity contribution in [2.45, 2.75) is 26.3 Å². The Morgan fingerprint density at radius 1 is 1.17 bits per heavy atom. The predicted molar refractivity (Wildman–Crippen MR) is 111 cm³/mol. The molecular weight excluding hydrogens is 371 g/mol. The molecular formula is C23H29FN2O3. The third-order valence-corrected chi connectivity index (χ3v) is 5.16. The fraction of sp³-hybridized carbons (Fsp3) is 0.435. The zero-order valence-corrected chi connectivity index (χ0v) is 17.1. The van der Waals surface area contributed by atoms with Crippen LogP contribution in [0.2, 0.25) is 0 Å². The molecule has 0 bridgehead atoms. The molecule has 5 nitrogen and oxygen atoms in total. The van der Waals surface area contributed by atoms with Crippen molar-refractivity contribution in [2.75, 3.05) is 39.5 Å². The standard InChI is InChI=1S/C23H29FN2O3/c1-17-3-4-18(2)22(15-17)29-12-9-23(27)25-16-21(26-10-13-28-14-11-26)19-5-7-20(24)8-6-19/h3-8,15,21H,9-14,16H2,1-2H3,(H,25,27). The lowest BCUT2D eigenvalue weighted by Gasteiger charge is -2.35. The van der Waals surface area contributed by atoms with E-state index in [1.54, 1.807) is 12.1 Å². The maximum Gasteiger partial charge on any atom is 0.223 e. The molecule has 1 unspecified atom stereocenters. The number of nitrogens with zero attached hydrogens (tertiary/aromatic N) is 1. The molecule has 1 heterocycles. The van der Waals surface area contributed by atoms with Crippen molar-refractivity contribution >= 4 is 5.91 Å². The van der Waals surface area contributed by atoms with Gasteiger partial charge in [0.15, 0.2) is 0 Å². The molecule has 6 heteroatoms. The topological polar surface area (TPSA) is 50.8 Å². The average molecular weight is 400 g/mol. The lowest BCUT2D eigenvalue weighted by atomic mass is 10.0. The molecule has 1 amide bonds. The summed E-state index contributed by atoms with van der Waals surface area (Å²) in [6, 6.07) is 12.5. The Balaban J connectivity index is 1.53. The summed E-state index contributed by atoms with van der Waals surface area (Å²) in [5.41, 5.74) is 3.17. The van der Waals surface area contributed by atoms with Gasteiger partial charge in [-0.15, -0.1) is 0 Å². The lowest BCUT2D eigenvalue weighted by molar-refractivity contribution is -0.121.